The van der Waals surface area contributed by atoms with E-state index in [1.54, 1.807) is 18.3 Å². The first-order chi connectivity index (χ1) is 20.4. The molecule has 2 N–H and O–H groups in total. The summed E-state index contributed by atoms with van der Waals surface area (Å²) in [6.45, 7) is 0.603. The van der Waals surface area contributed by atoms with Crippen LogP contribution in [0.15, 0.2) is 85.1 Å². The largest absolute Gasteiger partial charge is 0.481 e. The molecule has 0 fully saturated rings. The number of pyridine rings is 1. The molecule has 214 valence electrons. The number of carbonyl (C=O) groups excluding carboxylic acids is 1. The minimum atomic E-state index is -0.901. The number of Topliss-reactive ketones (excluding diaryl/α,β-unsaturated/α-hetero) is 1. The molecule has 1 aromatic heterocycles. The highest BCUT2D eigenvalue weighted by molar-refractivity contribution is 6.36. The van der Waals surface area contributed by atoms with Crippen LogP contribution in [0, 0.1) is 0 Å². The van der Waals surface area contributed by atoms with Gasteiger partial charge in [-0.15, -0.1) is 0 Å². The van der Waals surface area contributed by atoms with Gasteiger partial charge in [-0.05, 0) is 96.3 Å². The van der Waals surface area contributed by atoms with E-state index in [0.717, 1.165) is 46.3 Å². The Balaban J connectivity index is 1.36. The van der Waals surface area contributed by atoms with Gasteiger partial charge in [-0.25, -0.2) is 0 Å². The summed E-state index contributed by atoms with van der Waals surface area (Å²) in [5, 5.41) is 13.6. The highest BCUT2D eigenvalue weighted by Crippen LogP contribution is 2.34. The van der Waals surface area contributed by atoms with Gasteiger partial charge < -0.3 is 10.4 Å². The van der Waals surface area contributed by atoms with Crippen molar-refractivity contribution in [2.75, 3.05) is 5.32 Å². The molecule has 1 heterocycles. The maximum atomic E-state index is 12.5. The SMILES string of the molecule is O=C(O)CCCC(=O)c1ccc(-c2cc(C3=CCCCC3)ccc2CNc2ccc(-c3ccc(Cl)cc3Cl)cc2)cn1. The second-order valence-electron chi connectivity index (χ2n) is 10.5. The van der Waals surface area contributed by atoms with Crippen molar-refractivity contribution < 1.29 is 14.7 Å². The molecule has 7 heteroatoms. The second-order valence-corrected chi connectivity index (χ2v) is 11.3. The van der Waals surface area contributed by atoms with Crippen LogP contribution >= 0.6 is 23.2 Å². The summed E-state index contributed by atoms with van der Waals surface area (Å²) >= 11 is 12.5. The first-order valence-electron chi connectivity index (χ1n) is 14.2. The van der Waals surface area contributed by atoms with E-state index in [-0.39, 0.29) is 18.6 Å². The van der Waals surface area contributed by atoms with E-state index in [0.29, 0.717) is 28.7 Å². The number of nitrogens with one attached hydrogen (secondary N) is 1. The Morgan fingerprint density at radius 3 is 2.31 bits per heavy atom. The highest BCUT2D eigenvalue weighted by atomic mass is 35.5. The Labute approximate surface area is 256 Å². The van der Waals surface area contributed by atoms with Crippen molar-refractivity contribution in [3.8, 4) is 22.3 Å². The Bertz CT molecular complexity index is 1610. The lowest BCUT2D eigenvalue weighted by molar-refractivity contribution is -0.137. The molecule has 0 saturated carbocycles. The molecule has 5 nitrogen and oxygen atoms in total. The van der Waals surface area contributed by atoms with Crippen LogP contribution in [0.5, 0.6) is 0 Å². The Morgan fingerprint density at radius 2 is 1.62 bits per heavy atom. The summed E-state index contributed by atoms with van der Waals surface area (Å²) in [6.07, 6.45) is 9.13. The van der Waals surface area contributed by atoms with Gasteiger partial charge in [0, 0.05) is 52.4 Å². The third-order valence-corrected chi connectivity index (χ3v) is 8.08. The van der Waals surface area contributed by atoms with E-state index < -0.39 is 5.97 Å². The molecule has 0 atom stereocenters. The summed E-state index contributed by atoms with van der Waals surface area (Å²) in [6, 6.07) is 23.9. The third-order valence-electron chi connectivity index (χ3n) is 7.54. The van der Waals surface area contributed by atoms with E-state index in [2.05, 4.69) is 34.6 Å². The van der Waals surface area contributed by atoms with Crippen molar-refractivity contribution in [1.82, 2.24) is 4.98 Å². The highest BCUT2D eigenvalue weighted by Gasteiger charge is 2.14. The maximum absolute atomic E-state index is 12.5. The van der Waals surface area contributed by atoms with Crippen LogP contribution in [-0.4, -0.2) is 21.8 Å². The molecule has 0 aliphatic heterocycles. The summed E-state index contributed by atoms with van der Waals surface area (Å²) in [5.74, 6) is -1.05. The van der Waals surface area contributed by atoms with Gasteiger partial charge in [0.2, 0.25) is 0 Å². The van der Waals surface area contributed by atoms with Crippen LogP contribution in [0.3, 0.4) is 0 Å². The number of ketones is 1. The number of benzene rings is 3. The van der Waals surface area contributed by atoms with Gasteiger partial charge >= 0.3 is 5.97 Å². The third kappa shape index (κ3) is 7.47. The number of aromatic nitrogens is 1. The number of nitrogens with zero attached hydrogens (tertiary/aromatic N) is 1. The molecule has 4 aromatic rings. The second kappa shape index (κ2) is 13.8. The molecule has 0 radical (unpaired) electrons. The van der Waals surface area contributed by atoms with Crippen molar-refractivity contribution in [1.29, 1.82) is 0 Å². The number of aliphatic carboxylic acids is 1. The molecule has 1 aliphatic rings. The van der Waals surface area contributed by atoms with E-state index >= 15 is 0 Å². The van der Waals surface area contributed by atoms with E-state index in [9.17, 15) is 9.59 Å². The molecular weight excluding hydrogens is 567 g/mol. The Morgan fingerprint density at radius 1 is 0.833 bits per heavy atom. The lowest BCUT2D eigenvalue weighted by Gasteiger charge is -2.17. The van der Waals surface area contributed by atoms with Crippen LogP contribution in [0.25, 0.3) is 27.8 Å². The van der Waals surface area contributed by atoms with Gasteiger partial charge in [0.15, 0.2) is 5.78 Å². The fraction of sp³-hybridized carbons (Fsp3) is 0.229. The molecule has 42 heavy (non-hydrogen) atoms. The molecule has 0 spiro atoms. The number of anilines is 1. The molecule has 5 rings (SSSR count). The summed E-state index contributed by atoms with van der Waals surface area (Å²) in [5.41, 5.74) is 8.97. The minimum absolute atomic E-state index is 0.0274. The zero-order chi connectivity index (χ0) is 29.5. The number of hydrogen-bond acceptors (Lipinski definition) is 4. The van der Waals surface area contributed by atoms with E-state index in [1.165, 1.54) is 24.0 Å². The van der Waals surface area contributed by atoms with Crippen LogP contribution in [0.4, 0.5) is 5.69 Å². The normalized spacial score (nSPS) is 13.0. The van der Waals surface area contributed by atoms with Gasteiger partial charge in [0.05, 0.1) is 0 Å². The van der Waals surface area contributed by atoms with Crippen LogP contribution in [0.2, 0.25) is 10.0 Å². The quantitative estimate of drug-likeness (QED) is 0.168. The number of halogens is 2. The fourth-order valence-electron chi connectivity index (χ4n) is 5.23. The molecule has 0 amide bonds. The van der Waals surface area contributed by atoms with Gasteiger partial charge in [-0.2, -0.15) is 0 Å². The van der Waals surface area contributed by atoms with Crippen LogP contribution in [-0.2, 0) is 11.3 Å². The number of rotatable bonds is 11. The average Bonchev–Trinajstić information content (AvgIpc) is 3.01. The topological polar surface area (TPSA) is 79.3 Å². The van der Waals surface area contributed by atoms with Crippen molar-refractivity contribution in [3.63, 3.8) is 0 Å². The van der Waals surface area contributed by atoms with Crippen molar-refractivity contribution in [2.45, 2.75) is 51.5 Å². The zero-order valence-corrected chi connectivity index (χ0v) is 24.7. The van der Waals surface area contributed by atoms with Gasteiger partial charge in [0.1, 0.15) is 5.69 Å². The Hall–Kier alpha value is -3.93. The predicted molar refractivity (Wildman–Crippen MR) is 171 cm³/mol. The molecule has 0 bridgehead atoms. The number of carbonyl (C=O) groups is 2. The molecule has 0 saturated heterocycles. The van der Waals surface area contributed by atoms with Crippen molar-refractivity contribution in [3.05, 3.63) is 112 Å². The maximum Gasteiger partial charge on any atom is 0.303 e. The first-order valence-corrected chi connectivity index (χ1v) is 15.0. The standard InChI is InChI=1S/C35H32Cl2N2O3/c36-28-14-17-30(32(37)20-28)24-11-15-29(16-12-24)38-21-26-10-9-25(23-5-2-1-3-6-23)19-31(26)27-13-18-33(39-22-27)34(40)7-4-8-35(41)42/h5,9-20,22,38H,1-4,6-8,21H2,(H,41,42). The predicted octanol–water partition coefficient (Wildman–Crippen LogP) is 9.73. The Kier molecular flexibility index (Phi) is 9.73. The molecular formula is C35H32Cl2N2O3. The summed E-state index contributed by atoms with van der Waals surface area (Å²) in [4.78, 5) is 27.8. The minimum Gasteiger partial charge on any atom is -0.481 e. The lowest BCUT2D eigenvalue weighted by Crippen LogP contribution is -2.05. The first kappa shape index (κ1) is 29.6. The van der Waals surface area contributed by atoms with Gasteiger partial charge in [0.25, 0.3) is 0 Å². The number of allylic oxidation sites excluding steroid dienone is 2. The van der Waals surface area contributed by atoms with Gasteiger partial charge in [-0.3, -0.25) is 14.6 Å². The number of carboxylic acid groups (broad SMARTS) is 1. The monoisotopic (exact) mass is 598 g/mol. The molecule has 3 aromatic carbocycles. The molecule has 1 aliphatic carbocycles. The number of carboxylic acids is 1. The smallest absolute Gasteiger partial charge is 0.303 e. The van der Waals surface area contributed by atoms with Crippen LogP contribution in [0.1, 0.15) is 66.6 Å². The molecule has 0 unspecified atom stereocenters. The zero-order valence-electron chi connectivity index (χ0n) is 23.2. The fourth-order valence-corrected chi connectivity index (χ4v) is 5.75. The summed E-state index contributed by atoms with van der Waals surface area (Å²) < 4.78 is 0. The van der Waals surface area contributed by atoms with Crippen molar-refractivity contribution in [2.24, 2.45) is 0 Å². The van der Waals surface area contributed by atoms with E-state index in [1.807, 2.05) is 42.5 Å². The van der Waals surface area contributed by atoms with E-state index in [4.69, 9.17) is 28.3 Å². The lowest BCUT2D eigenvalue weighted by atomic mass is 9.90. The van der Waals surface area contributed by atoms with Gasteiger partial charge in [-0.1, -0.05) is 65.7 Å². The number of hydrogen-bond donors (Lipinski definition) is 2. The van der Waals surface area contributed by atoms with Crippen molar-refractivity contribution >= 4 is 46.2 Å². The van der Waals surface area contributed by atoms with Crippen LogP contribution < -0.4 is 5.32 Å². The summed E-state index contributed by atoms with van der Waals surface area (Å²) in [7, 11) is 0. The average molecular weight is 600 g/mol.